The Morgan fingerprint density at radius 2 is 2.21 bits per heavy atom. The molecule has 0 aromatic heterocycles. The number of carbonyl (C=O) groups excluding carboxylic acids is 1. The molecule has 2 fully saturated rings. The molecule has 2 aliphatic rings. The summed E-state index contributed by atoms with van der Waals surface area (Å²) in [5.41, 5.74) is 0. The molecule has 1 saturated heterocycles. The summed E-state index contributed by atoms with van der Waals surface area (Å²) >= 11 is 0. The zero-order valence-electron chi connectivity index (χ0n) is 8.72. The molecule has 0 bridgehead atoms. The van der Waals surface area contributed by atoms with Gasteiger partial charge in [0, 0.05) is 18.5 Å². The van der Waals surface area contributed by atoms with E-state index in [-0.39, 0.29) is 5.91 Å². The standard InChI is InChI=1S/C11H20N2O/c14-11(13-10-6-7-10)5-1-3-9-4-2-8-12-9/h9-10,12H,1-8H2,(H,13,14). The number of rotatable bonds is 5. The van der Waals surface area contributed by atoms with E-state index < -0.39 is 0 Å². The Balaban J connectivity index is 1.50. The zero-order valence-corrected chi connectivity index (χ0v) is 8.72. The maximum absolute atomic E-state index is 11.3. The molecule has 0 spiro atoms. The molecule has 2 rings (SSSR count). The average molecular weight is 196 g/mol. The van der Waals surface area contributed by atoms with Crippen molar-refractivity contribution in [1.29, 1.82) is 0 Å². The van der Waals surface area contributed by atoms with E-state index in [0.717, 1.165) is 12.8 Å². The average Bonchev–Trinajstić information content (AvgIpc) is 2.82. The van der Waals surface area contributed by atoms with Gasteiger partial charge in [0.1, 0.15) is 0 Å². The number of hydrogen-bond donors (Lipinski definition) is 2. The van der Waals surface area contributed by atoms with Gasteiger partial charge in [0.2, 0.25) is 5.91 Å². The third-order valence-electron chi connectivity index (χ3n) is 3.06. The van der Waals surface area contributed by atoms with Crippen LogP contribution in [0, 0.1) is 0 Å². The Labute approximate surface area is 85.6 Å². The molecule has 1 amide bonds. The van der Waals surface area contributed by atoms with Crippen LogP contribution in [-0.4, -0.2) is 24.5 Å². The molecule has 1 atom stereocenters. The summed E-state index contributed by atoms with van der Waals surface area (Å²) in [4.78, 5) is 11.3. The van der Waals surface area contributed by atoms with Crippen LogP contribution in [0.1, 0.15) is 44.9 Å². The fourth-order valence-corrected chi connectivity index (χ4v) is 2.04. The third-order valence-corrected chi connectivity index (χ3v) is 3.06. The van der Waals surface area contributed by atoms with Gasteiger partial charge >= 0.3 is 0 Å². The van der Waals surface area contributed by atoms with Gasteiger partial charge in [-0.3, -0.25) is 4.79 Å². The minimum absolute atomic E-state index is 0.255. The highest BCUT2D eigenvalue weighted by Gasteiger charge is 2.23. The molecule has 0 aromatic carbocycles. The van der Waals surface area contributed by atoms with Gasteiger partial charge in [0.25, 0.3) is 0 Å². The van der Waals surface area contributed by atoms with Crippen molar-refractivity contribution in [3.05, 3.63) is 0 Å². The van der Waals surface area contributed by atoms with Crippen LogP contribution in [0.25, 0.3) is 0 Å². The van der Waals surface area contributed by atoms with Gasteiger partial charge in [-0.2, -0.15) is 0 Å². The van der Waals surface area contributed by atoms with E-state index in [0.29, 0.717) is 18.5 Å². The smallest absolute Gasteiger partial charge is 0.220 e. The molecule has 2 N–H and O–H groups in total. The minimum Gasteiger partial charge on any atom is -0.353 e. The van der Waals surface area contributed by atoms with E-state index in [2.05, 4.69) is 10.6 Å². The molecule has 0 aromatic rings. The van der Waals surface area contributed by atoms with Crippen LogP contribution in [0.3, 0.4) is 0 Å². The molecule has 1 saturated carbocycles. The molecular formula is C11H20N2O. The summed E-state index contributed by atoms with van der Waals surface area (Å²) in [5.74, 6) is 0.255. The quantitative estimate of drug-likeness (QED) is 0.693. The molecule has 3 nitrogen and oxygen atoms in total. The molecule has 1 aliphatic carbocycles. The van der Waals surface area contributed by atoms with Gasteiger partial charge in [0.05, 0.1) is 0 Å². The van der Waals surface area contributed by atoms with Crippen molar-refractivity contribution >= 4 is 5.91 Å². The second-order valence-electron chi connectivity index (χ2n) is 4.53. The van der Waals surface area contributed by atoms with Crippen molar-refractivity contribution in [1.82, 2.24) is 10.6 Å². The summed E-state index contributed by atoms with van der Waals surface area (Å²) in [7, 11) is 0. The van der Waals surface area contributed by atoms with Crippen LogP contribution >= 0.6 is 0 Å². The van der Waals surface area contributed by atoms with Gasteiger partial charge in [-0.25, -0.2) is 0 Å². The second kappa shape index (κ2) is 4.78. The predicted molar refractivity (Wildman–Crippen MR) is 56.0 cm³/mol. The molecule has 1 unspecified atom stereocenters. The lowest BCUT2D eigenvalue weighted by Gasteiger charge is -2.09. The molecular weight excluding hydrogens is 176 g/mol. The maximum atomic E-state index is 11.3. The van der Waals surface area contributed by atoms with E-state index in [1.165, 1.54) is 32.2 Å². The molecule has 14 heavy (non-hydrogen) atoms. The van der Waals surface area contributed by atoms with Crippen molar-refractivity contribution in [3.8, 4) is 0 Å². The number of nitrogens with one attached hydrogen (secondary N) is 2. The fraction of sp³-hybridized carbons (Fsp3) is 0.909. The van der Waals surface area contributed by atoms with Gasteiger partial charge in [-0.15, -0.1) is 0 Å². The molecule has 1 heterocycles. The van der Waals surface area contributed by atoms with E-state index in [1.54, 1.807) is 0 Å². The summed E-state index contributed by atoms with van der Waals surface area (Å²) in [6, 6.07) is 1.20. The van der Waals surface area contributed by atoms with Gasteiger partial charge in [-0.05, 0) is 45.1 Å². The Hall–Kier alpha value is -0.570. The summed E-state index contributed by atoms with van der Waals surface area (Å²) in [5, 5.41) is 6.47. The predicted octanol–water partition coefficient (Wildman–Crippen LogP) is 1.19. The van der Waals surface area contributed by atoms with E-state index in [9.17, 15) is 4.79 Å². The van der Waals surface area contributed by atoms with Crippen molar-refractivity contribution in [2.45, 2.75) is 57.0 Å². The Morgan fingerprint density at radius 3 is 2.86 bits per heavy atom. The molecule has 3 heteroatoms. The zero-order chi connectivity index (χ0) is 9.80. The lowest BCUT2D eigenvalue weighted by Crippen LogP contribution is -2.26. The highest BCUT2D eigenvalue weighted by Crippen LogP contribution is 2.19. The lowest BCUT2D eigenvalue weighted by atomic mass is 10.1. The minimum atomic E-state index is 0.255. The Morgan fingerprint density at radius 1 is 1.36 bits per heavy atom. The van der Waals surface area contributed by atoms with Crippen molar-refractivity contribution < 1.29 is 4.79 Å². The van der Waals surface area contributed by atoms with Gasteiger partial charge in [-0.1, -0.05) is 0 Å². The first-order valence-electron chi connectivity index (χ1n) is 5.87. The van der Waals surface area contributed by atoms with Crippen LogP contribution in [0.15, 0.2) is 0 Å². The van der Waals surface area contributed by atoms with Crippen molar-refractivity contribution in [2.24, 2.45) is 0 Å². The van der Waals surface area contributed by atoms with Crippen LogP contribution < -0.4 is 10.6 Å². The van der Waals surface area contributed by atoms with Crippen LogP contribution in [0.5, 0.6) is 0 Å². The van der Waals surface area contributed by atoms with Crippen LogP contribution in [-0.2, 0) is 4.79 Å². The number of amides is 1. The molecule has 0 radical (unpaired) electrons. The third kappa shape index (κ3) is 3.29. The highest BCUT2D eigenvalue weighted by molar-refractivity contribution is 5.76. The van der Waals surface area contributed by atoms with Gasteiger partial charge < -0.3 is 10.6 Å². The first-order valence-corrected chi connectivity index (χ1v) is 5.87. The molecule has 1 aliphatic heterocycles. The maximum Gasteiger partial charge on any atom is 0.220 e. The molecule has 80 valence electrons. The monoisotopic (exact) mass is 196 g/mol. The van der Waals surface area contributed by atoms with Gasteiger partial charge in [0.15, 0.2) is 0 Å². The van der Waals surface area contributed by atoms with E-state index >= 15 is 0 Å². The fourth-order valence-electron chi connectivity index (χ4n) is 2.04. The summed E-state index contributed by atoms with van der Waals surface area (Å²) in [6.07, 6.45) is 7.90. The van der Waals surface area contributed by atoms with Crippen molar-refractivity contribution in [2.75, 3.05) is 6.54 Å². The second-order valence-corrected chi connectivity index (χ2v) is 4.53. The largest absolute Gasteiger partial charge is 0.353 e. The van der Waals surface area contributed by atoms with Crippen molar-refractivity contribution in [3.63, 3.8) is 0 Å². The lowest BCUT2D eigenvalue weighted by molar-refractivity contribution is -0.121. The topological polar surface area (TPSA) is 41.1 Å². The number of carbonyl (C=O) groups is 1. The Kier molecular flexibility index (Phi) is 3.40. The Bertz CT molecular complexity index is 195. The first kappa shape index (κ1) is 9.97. The summed E-state index contributed by atoms with van der Waals surface area (Å²) < 4.78 is 0. The van der Waals surface area contributed by atoms with E-state index in [4.69, 9.17) is 0 Å². The highest BCUT2D eigenvalue weighted by atomic mass is 16.1. The van der Waals surface area contributed by atoms with E-state index in [1.807, 2.05) is 0 Å². The van der Waals surface area contributed by atoms with Crippen LogP contribution in [0.2, 0.25) is 0 Å². The summed E-state index contributed by atoms with van der Waals surface area (Å²) in [6.45, 7) is 1.17. The number of hydrogen-bond acceptors (Lipinski definition) is 2. The first-order chi connectivity index (χ1) is 6.84. The SMILES string of the molecule is O=C(CCCC1CCCN1)NC1CC1. The van der Waals surface area contributed by atoms with Crippen LogP contribution in [0.4, 0.5) is 0 Å². The normalized spacial score (nSPS) is 26.4.